The van der Waals surface area contributed by atoms with Crippen molar-refractivity contribution in [3.8, 4) is 0 Å². The normalized spacial score (nSPS) is 17.0. The Morgan fingerprint density at radius 2 is 2.12 bits per heavy atom. The second-order valence-electron chi connectivity index (χ2n) is 6.81. The maximum atomic E-state index is 12.3. The lowest BCUT2D eigenvalue weighted by Gasteiger charge is -2.17. The molecule has 7 heteroatoms. The van der Waals surface area contributed by atoms with E-state index >= 15 is 0 Å². The maximum absolute atomic E-state index is 12.3. The van der Waals surface area contributed by atoms with Crippen molar-refractivity contribution in [2.24, 2.45) is 5.92 Å². The van der Waals surface area contributed by atoms with Crippen molar-refractivity contribution in [1.82, 2.24) is 19.9 Å². The third-order valence-electron chi connectivity index (χ3n) is 4.71. The lowest BCUT2D eigenvalue weighted by atomic mass is 10.1. The Kier molecular flexibility index (Phi) is 5.35. The van der Waals surface area contributed by atoms with Gasteiger partial charge in [-0.25, -0.2) is 4.79 Å². The lowest BCUT2D eigenvalue weighted by Crippen LogP contribution is -2.25. The topological polar surface area (TPSA) is 77.3 Å². The van der Waals surface area contributed by atoms with Crippen LogP contribution in [-0.4, -0.2) is 44.9 Å². The van der Waals surface area contributed by atoms with Gasteiger partial charge in [-0.2, -0.15) is 0 Å². The zero-order valence-electron chi connectivity index (χ0n) is 15.4. The molecule has 26 heavy (non-hydrogen) atoms. The number of carbonyl (C=O) groups excluding carboxylic acids is 2. The fraction of sp³-hybridized carbons (Fsp3) is 0.474. The van der Waals surface area contributed by atoms with Crippen molar-refractivity contribution in [3.63, 3.8) is 0 Å². The summed E-state index contributed by atoms with van der Waals surface area (Å²) in [5.41, 5.74) is 3.83. The van der Waals surface area contributed by atoms with Crippen LogP contribution in [0, 0.1) is 19.8 Å². The second-order valence-corrected chi connectivity index (χ2v) is 6.81. The van der Waals surface area contributed by atoms with E-state index < -0.39 is 5.97 Å². The number of benzene rings is 1. The Morgan fingerprint density at radius 1 is 1.31 bits per heavy atom. The molecule has 0 spiro atoms. The van der Waals surface area contributed by atoms with E-state index in [4.69, 9.17) is 4.74 Å². The van der Waals surface area contributed by atoms with Crippen molar-refractivity contribution in [3.05, 3.63) is 46.8 Å². The molecule has 2 heterocycles. The molecule has 1 aromatic heterocycles. The Morgan fingerprint density at radius 3 is 2.85 bits per heavy atom. The number of hydrogen-bond acceptors (Lipinski definition) is 5. The molecule has 3 rings (SSSR count). The standard InChI is InChI=1S/C19H24N4O3/c1-4-26-19(25)17-12-23(21-20-17)11-16-8-18(24)22(10-16)9-15-6-5-13(2)14(3)7-15/h5-7,12,16H,4,8-11H2,1-3H3. The molecule has 0 bridgehead atoms. The summed E-state index contributed by atoms with van der Waals surface area (Å²) in [5.74, 6) is -0.164. The van der Waals surface area contributed by atoms with E-state index in [1.165, 1.54) is 11.1 Å². The summed E-state index contributed by atoms with van der Waals surface area (Å²) in [4.78, 5) is 25.9. The van der Waals surface area contributed by atoms with E-state index in [1.54, 1.807) is 17.8 Å². The van der Waals surface area contributed by atoms with Crippen molar-refractivity contribution in [2.45, 2.75) is 40.3 Å². The summed E-state index contributed by atoms with van der Waals surface area (Å²) in [6.07, 6.45) is 2.06. The predicted octanol–water partition coefficient (Wildman–Crippen LogP) is 2.12. The van der Waals surface area contributed by atoms with Crippen LogP contribution < -0.4 is 0 Å². The van der Waals surface area contributed by atoms with Crippen LogP contribution in [0.25, 0.3) is 0 Å². The van der Waals surface area contributed by atoms with Crippen LogP contribution in [-0.2, 0) is 22.6 Å². The van der Waals surface area contributed by atoms with Crippen molar-refractivity contribution >= 4 is 11.9 Å². The van der Waals surface area contributed by atoms with E-state index in [2.05, 4.69) is 42.4 Å². The lowest BCUT2D eigenvalue weighted by molar-refractivity contribution is -0.128. The molecule has 1 atom stereocenters. The zero-order chi connectivity index (χ0) is 18.7. The van der Waals surface area contributed by atoms with Gasteiger partial charge in [-0.15, -0.1) is 5.10 Å². The smallest absolute Gasteiger partial charge is 0.360 e. The molecule has 7 nitrogen and oxygen atoms in total. The molecule has 1 aliphatic heterocycles. The summed E-state index contributed by atoms with van der Waals surface area (Å²) < 4.78 is 6.53. The minimum Gasteiger partial charge on any atom is -0.461 e. The molecule has 1 saturated heterocycles. The van der Waals surface area contributed by atoms with Gasteiger partial charge in [-0.1, -0.05) is 23.4 Å². The Bertz CT molecular complexity index is 815. The van der Waals surface area contributed by atoms with Crippen LogP contribution in [0.3, 0.4) is 0 Å². The van der Waals surface area contributed by atoms with Gasteiger partial charge < -0.3 is 9.64 Å². The monoisotopic (exact) mass is 356 g/mol. The molecular formula is C19H24N4O3. The second kappa shape index (κ2) is 7.68. The van der Waals surface area contributed by atoms with E-state index in [9.17, 15) is 9.59 Å². The highest BCUT2D eigenvalue weighted by atomic mass is 16.5. The Hall–Kier alpha value is -2.70. The molecule has 2 aromatic rings. The number of hydrogen-bond donors (Lipinski definition) is 0. The summed E-state index contributed by atoms with van der Waals surface area (Å²) in [7, 11) is 0. The average Bonchev–Trinajstić information content (AvgIpc) is 3.19. The molecule has 1 unspecified atom stereocenters. The molecule has 138 valence electrons. The Balaban J connectivity index is 1.59. The highest BCUT2D eigenvalue weighted by molar-refractivity contribution is 5.86. The van der Waals surface area contributed by atoms with Crippen LogP contribution in [0.15, 0.2) is 24.4 Å². The van der Waals surface area contributed by atoms with Crippen LogP contribution in [0.1, 0.15) is 40.5 Å². The first-order valence-corrected chi connectivity index (χ1v) is 8.87. The number of aryl methyl sites for hydroxylation is 2. The number of rotatable bonds is 6. The van der Waals surface area contributed by atoms with Gasteiger partial charge in [0.1, 0.15) is 0 Å². The minimum atomic E-state index is -0.474. The van der Waals surface area contributed by atoms with E-state index in [0.29, 0.717) is 32.7 Å². The molecule has 0 saturated carbocycles. The molecule has 1 amide bonds. The number of likely N-dealkylation sites (tertiary alicyclic amines) is 1. The predicted molar refractivity (Wildman–Crippen MR) is 95.4 cm³/mol. The number of nitrogens with zero attached hydrogens (tertiary/aromatic N) is 4. The third-order valence-corrected chi connectivity index (χ3v) is 4.71. The summed E-state index contributed by atoms with van der Waals surface area (Å²) >= 11 is 0. The fourth-order valence-corrected chi connectivity index (χ4v) is 3.20. The minimum absolute atomic E-state index is 0.152. The summed E-state index contributed by atoms with van der Waals surface area (Å²) in [6.45, 7) is 8.08. The number of ether oxygens (including phenoxy) is 1. The number of esters is 1. The first-order valence-electron chi connectivity index (χ1n) is 8.87. The SMILES string of the molecule is CCOC(=O)c1cn(CC2CC(=O)N(Cc3ccc(C)c(C)c3)C2)nn1. The van der Waals surface area contributed by atoms with Crippen molar-refractivity contribution < 1.29 is 14.3 Å². The summed E-state index contributed by atoms with van der Waals surface area (Å²) in [6, 6.07) is 6.31. The van der Waals surface area contributed by atoms with Crippen LogP contribution in [0.2, 0.25) is 0 Å². The van der Waals surface area contributed by atoms with E-state index in [-0.39, 0.29) is 17.5 Å². The highest BCUT2D eigenvalue weighted by Gasteiger charge is 2.30. The Labute approximate surface area is 152 Å². The zero-order valence-corrected chi connectivity index (χ0v) is 15.4. The van der Waals surface area contributed by atoms with Gasteiger partial charge in [0.05, 0.1) is 12.8 Å². The first kappa shape index (κ1) is 18.1. The molecule has 0 N–H and O–H groups in total. The van der Waals surface area contributed by atoms with Crippen molar-refractivity contribution in [1.29, 1.82) is 0 Å². The van der Waals surface area contributed by atoms with Gasteiger partial charge >= 0.3 is 5.97 Å². The van der Waals surface area contributed by atoms with Gasteiger partial charge in [-0.3, -0.25) is 9.48 Å². The average molecular weight is 356 g/mol. The van der Waals surface area contributed by atoms with E-state index in [0.717, 1.165) is 5.56 Å². The van der Waals surface area contributed by atoms with Crippen LogP contribution in [0.4, 0.5) is 0 Å². The summed E-state index contributed by atoms with van der Waals surface area (Å²) in [5, 5.41) is 7.81. The fourth-order valence-electron chi connectivity index (χ4n) is 3.20. The molecule has 0 aliphatic carbocycles. The number of aromatic nitrogens is 3. The van der Waals surface area contributed by atoms with Crippen molar-refractivity contribution in [2.75, 3.05) is 13.2 Å². The van der Waals surface area contributed by atoms with Gasteiger partial charge in [0.15, 0.2) is 5.69 Å². The largest absolute Gasteiger partial charge is 0.461 e. The van der Waals surface area contributed by atoms with E-state index in [1.807, 2.05) is 4.90 Å². The first-order chi connectivity index (χ1) is 12.5. The van der Waals surface area contributed by atoms with Gasteiger partial charge in [0.2, 0.25) is 5.91 Å². The molecule has 1 aliphatic rings. The van der Waals surface area contributed by atoms with Gasteiger partial charge in [0.25, 0.3) is 0 Å². The number of amides is 1. The number of carbonyl (C=O) groups is 2. The molecular weight excluding hydrogens is 332 g/mol. The third kappa shape index (κ3) is 4.09. The molecule has 1 fully saturated rings. The highest BCUT2D eigenvalue weighted by Crippen LogP contribution is 2.22. The maximum Gasteiger partial charge on any atom is 0.360 e. The van der Waals surface area contributed by atoms with Gasteiger partial charge in [0, 0.05) is 32.0 Å². The quantitative estimate of drug-likeness (QED) is 0.741. The van der Waals surface area contributed by atoms with Crippen LogP contribution >= 0.6 is 0 Å². The molecule has 1 aromatic carbocycles. The van der Waals surface area contributed by atoms with Crippen LogP contribution in [0.5, 0.6) is 0 Å². The molecule has 0 radical (unpaired) electrons. The van der Waals surface area contributed by atoms with Gasteiger partial charge in [-0.05, 0) is 37.5 Å².